The summed E-state index contributed by atoms with van der Waals surface area (Å²) in [5.74, 6) is 2.10. The van der Waals surface area contributed by atoms with E-state index < -0.39 is 12.1 Å². The van der Waals surface area contributed by atoms with E-state index in [9.17, 15) is 9.90 Å². The topological polar surface area (TPSA) is 94.3 Å². The van der Waals surface area contributed by atoms with Crippen molar-refractivity contribution in [3.05, 3.63) is 23.8 Å². The van der Waals surface area contributed by atoms with E-state index in [1.165, 1.54) is 0 Å². The Morgan fingerprint density at radius 2 is 1.84 bits per heavy atom. The molecule has 1 rings (SSSR count). The van der Waals surface area contributed by atoms with Crippen LogP contribution >= 0.6 is 0 Å². The number of carbonyl (C=O) groups is 1. The Hall–Kier alpha value is -1.83. The van der Waals surface area contributed by atoms with E-state index in [1.807, 2.05) is 32.0 Å². The van der Waals surface area contributed by atoms with Crippen LogP contribution in [0.25, 0.3) is 0 Å². The van der Waals surface area contributed by atoms with E-state index in [2.05, 4.69) is 13.8 Å². The van der Waals surface area contributed by atoms with Gasteiger partial charge in [0.15, 0.2) is 11.5 Å². The zero-order chi connectivity index (χ0) is 23.4. The van der Waals surface area contributed by atoms with Crippen LogP contribution in [-0.2, 0) is 16.0 Å². The van der Waals surface area contributed by atoms with Crippen LogP contribution < -0.4 is 15.2 Å². The van der Waals surface area contributed by atoms with Gasteiger partial charge in [-0.05, 0) is 56.2 Å². The number of carbonyl (C=O) groups excluding carboxylic acids is 1. The average Bonchev–Trinajstić information content (AvgIpc) is 2.74. The highest BCUT2D eigenvalue weighted by Gasteiger charge is 2.25. The molecule has 0 aliphatic rings. The monoisotopic (exact) mass is 438 g/mol. The number of nitrogens with two attached hydrogens (primary N) is 1. The zero-order valence-electron chi connectivity index (χ0n) is 20.0. The van der Waals surface area contributed by atoms with Gasteiger partial charge in [-0.3, -0.25) is 4.79 Å². The lowest BCUT2D eigenvalue weighted by molar-refractivity contribution is -0.121. The summed E-state index contributed by atoms with van der Waals surface area (Å²) in [5.41, 5.74) is 7.47. The van der Waals surface area contributed by atoms with Gasteiger partial charge in [0.25, 0.3) is 0 Å². The molecule has 7 nitrogen and oxygen atoms in total. The van der Waals surface area contributed by atoms with Gasteiger partial charge < -0.3 is 30.0 Å². The minimum Gasteiger partial charge on any atom is -0.493 e. The van der Waals surface area contributed by atoms with E-state index in [-0.39, 0.29) is 18.5 Å². The molecule has 31 heavy (non-hydrogen) atoms. The third-order valence-electron chi connectivity index (χ3n) is 5.68. The average molecular weight is 439 g/mol. The summed E-state index contributed by atoms with van der Waals surface area (Å²) in [5, 5.41) is 10.5. The summed E-state index contributed by atoms with van der Waals surface area (Å²) in [6.07, 6.45) is 2.30. The summed E-state index contributed by atoms with van der Waals surface area (Å²) < 4.78 is 16.4. The van der Waals surface area contributed by atoms with Crippen molar-refractivity contribution < 1.29 is 24.1 Å². The molecular formula is C24H42N2O5. The fourth-order valence-corrected chi connectivity index (χ4v) is 3.47. The van der Waals surface area contributed by atoms with Gasteiger partial charge in [-0.1, -0.05) is 19.9 Å². The minimum atomic E-state index is -0.760. The molecule has 0 radical (unpaired) electrons. The normalized spacial score (nSPS) is 14.4. The van der Waals surface area contributed by atoms with Crippen molar-refractivity contribution in [3.63, 3.8) is 0 Å². The Labute approximate surface area is 187 Å². The second-order valence-corrected chi connectivity index (χ2v) is 8.75. The molecule has 0 saturated heterocycles. The van der Waals surface area contributed by atoms with Crippen molar-refractivity contribution in [2.45, 2.75) is 65.1 Å². The first kappa shape index (κ1) is 27.2. The second kappa shape index (κ2) is 14.3. The Balaban J connectivity index is 2.82. The van der Waals surface area contributed by atoms with Gasteiger partial charge in [0.2, 0.25) is 6.41 Å². The highest BCUT2D eigenvalue weighted by molar-refractivity contribution is 5.47. The minimum absolute atomic E-state index is 0.0295. The number of hydrogen-bond donors (Lipinski definition) is 2. The molecule has 0 aliphatic carbocycles. The standard InChI is InChI=1S/C24H42N2O5/c1-17(2)20(14-21(25)22(28)15-26(16-27)18(3)4)12-19-8-9-23(30-6)24(13-19)31-11-7-10-29-5/h8-9,13,16-18,20-22,28H,7,10-12,14-15,25H2,1-6H3/t20-,21-,22-/m0/s1. The van der Waals surface area contributed by atoms with Crippen LogP contribution in [0.3, 0.4) is 0 Å². The molecule has 0 heterocycles. The van der Waals surface area contributed by atoms with Crippen molar-refractivity contribution in [2.24, 2.45) is 17.6 Å². The summed E-state index contributed by atoms with van der Waals surface area (Å²) in [6, 6.07) is 5.62. The fourth-order valence-electron chi connectivity index (χ4n) is 3.47. The van der Waals surface area contributed by atoms with Gasteiger partial charge >= 0.3 is 0 Å². The number of benzene rings is 1. The number of ether oxygens (including phenoxy) is 3. The molecule has 1 aromatic rings. The van der Waals surface area contributed by atoms with Crippen LogP contribution in [-0.4, -0.2) is 68.6 Å². The number of aliphatic hydroxyl groups is 1. The van der Waals surface area contributed by atoms with Crippen molar-refractivity contribution in [1.82, 2.24) is 4.90 Å². The number of methoxy groups -OCH3 is 2. The summed E-state index contributed by atoms with van der Waals surface area (Å²) in [6.45, 7) is 9.62. The van der Waals surface area contributed by atoms with E-state index in [0.717, 1.165) is 30.6 Å². The molecular weight excluding hydrogens is 396 g/mol. The van der Waals surface area contributed by atoms with E-state index in [4.69, 9.17) is 19.9 Å². The number of amides is 1. The molecule has 3 N–H and O–H groups in total. The Morgan fingerprint density at radius 3 is 2.39 bits per heavy atom. The number of hydrogen-bond acceptors (Lipinski definition) is 6. The van der Waals surface area contributed by atoms with Crippen molar-refractivity contribution in [2.75, 3.05) is 34.0 Å². The predicted molar refractivity (Wildman–Crippen MR) is 124 cm³/mol. The molecule has 178 valence electrons. The van der Waals surface area contributed by atoms with Crippen molar-refractivity contribution in [3.8, 4) is 11.5 Å². The Morgan fingerprint density at radius 1 is 1.13 bits per heavy atom. The maximum absolute atomic E-state index is 11.2. The molecule has 0 aromatic heterocycles. The maximum Gasteiger partial charge on any atom is 0.210 e. The third kappa shape index (κ3) is 9.46. The molecule has 0 unspecified atom stereocenters. The van der Waals surface area contributed by atoms with Crippen LogP contribution in [0.1, 0.15) is 46.1 Å². The quantitative estimate of drug-likeness (QED) is 0.304. The highest BCUT2D eigenvalue weighted by Crippen LogP contribution is 2.31. The lowest BCUT2D eigenvalue weighted by atomic mass is 9.83. The second-order valence-electron chi connectivity index (χ2n) is 8.75. The number of nitrogens with zero attached hydrogens (tertiary/aromatic N) is 1. The van der Waals surface area contributed by atoms with Crippen LogP contribution in [0.4, 0.5) is 0 Å². The molecule has 3 atom stereocenters. The van der Waals surface area contributed by atoms with Gasteiger partial charge in [-0.25, -0.2) is 0 Å². The van der Waals surface area contributed by atoms with Crippen LogP contribution in [0.15, 0.2) is 18.2 Å². The van der Waals surface area contributed by atoms with Gasteiger partial charge in [0.1, 0.15) is 0 Å². The van der Waals surface area contributed by atoms with Crippen LogP contribution in [0.2, 0.25) is 0 Å². The molecule has 0 saturated carbocycles. The predicted octanol–water partition coefficient (Wildman–Crippen LogP) is 2.87. The first-order chi connectivity index (χ1) is 14.7. The maximum atomic E-state index is 11.2. The summed E-state index contributed by atoms with van der Waals surface area (Å²) in [7, 11) is 3.31. The first-order valence-corrected chi connectivity index (χ1v) is 11.2. The van der Waals surface area contributed by atoms with Gasteiger partial charge in [0, 0.05) is 38.8 Å². The van der Waals surface area contributed by atoms with E-state index in [1.54, 1.807) is 19.1 Å². The fraction of sp³-hybridized carbons (Fsp3) is 0.708. The summed E-state index contributed by atoms with van der Waals surface area (Å²) >= 11 is 0. The largest absolute Gasteiger partial charge is 0.493 e. The van der Waals surface area contributed by atoms with Gasteiger partial charge in [0.05, 0.1) is 19.8 Å². The summed E-state index contributed by atoms with van der Waals surface area (Å²) in [4.78, 5) is 12.8. The molecule has 7 heteroatoms. The number of rotatable bonds is 16. The van der Waals surface area contributed by atoms with Gasteiger partial charge in [-0.2, -0.15) is 0 Å². The van der Waals surface area contributed by atoms with Crippen LogP contribution in [0, 0.1) is 11.8 Å². The SMILES string of the molecule is COCCCOc1cc(C[C@@H](C[C@H](N)[C@@H](O)CN(C=O)C(C)C)C(C)C)ccc1OC. The molecule has 0 bridgehead atoms. The number of aliphatic hydroxyl groups excluding tert-OH is 1. The smallest absolute Gasteiger partial charge is 0.210 e. The Bertz CT molecular complexity index is 638. The van der Waals surface area contributed by atoms with E-state index in [0.29, 0.717) is 31.3 Å². The van der Waals surface area contributed by atoms with Crippen molar-refractivity contribution >= 4 is 6.41 Å². The molecule has 1 amide bonds. The zero-order valence-corrected chi connectivity index (χ0v) is 20.0. The molecule has 0 fully saturated rings. The van der Waals surface area contributed by atoms with Crippen molar-refractivity contribution in [1.29, 1.82) is 0 Å². The Kier molecular flexibility index (Phi) is 12.5. The molecule has 0 spiro atoms. The lowest BCUT2D eigenvalue weighted by Crippen LogP contribution is -2.46. The molecule has 1 aromatic carbocycles. The first-order valence-electron chi connectivity index (χ1n) is 11.2. The van der Waals surface area contributed by atoms with Gasteiger partial charge in [-0.15, -0.1) is 0 Å². The highest BCUT2D eigenvalue weighted by atomic mass is 16.5. The molecule has 0 aliphatic heterocycles. The lowest BCUT2D eigenvalue weighted by Gasteiger charge is -2.31. The van der Waals surface area contributed by atoms with Crippen LogP contribution in [0.5, 0.6) is 11.5 Å². The van der Waals surface area contributed by atoms with E-state index >= 15 is 0 Å². The third-order valence-corrected chi connectivity index (χ3v) is 5.68.